The van der Waals surface area contributed by atoms with Crippen LogP contribution in [0.4, 0.5) is 5.69 Å². The molecule has 2 heterocycles. The van der Waals surface area contributed by atoms with Gasteiger partial charge in [-0.25, -0.2) is 4.98 Å². The lowest BCUT2D eigenvalue weighted by atomic mass is 10.2. The summed E-state index contributed by atoms with van der Waals surface area (Å²) in [4.78, 5) is 4.11. The van der Waals surface area contributed by atoms with Crippen LogP contribution in [0.1, 0.15) is 0 Å². The molecule has 0 unspecified atom stereocenters. The molecule has 68 valence electrons. The van der Waals surface area contributed by atoms with E-state index in [9.17, 15) is 0 Å². The second-order valence-corrected chi connectivity index (χ2v) is 3.34. The lowest BCUT2D eigenvalue weighted by Crippen LogP contribution is -1.88. The molecule has 0 aliphatic heterocycles. The van der Waals surface area contributed by atoms with Crippen molar-refractivity contribution in [2.75, 3.05) is 5.73 Å². The number of nitrogen functional groups attached to an aromatic ring is 1. The van der Waals surface area contributed by atoms with E-state index in [0.717, 1.165) is 22.1 Å². The number of nitrogens with two attached hydrogens (primary N) is 1. The number of aromatic nitrogens is 2. The van der Waals surface area contributed by atoms with Gasteiger partial charge < -0.3 is 5.73 Å². The first-order valence-corrected chi connectivity index (χ1v) is 4.45. The van der Waals surface area contributed by atoms with Crippen LogP contribution in [0.3, 0.4) is 0 Å². The molecular formula is C11H9N3. The van der Waals surface area contributed by atoms with Crippen molar-refractivity contribution in [2.45, 2.75) is 0 Å². The van der Waals surface area contributed by atoms with Crippen molar-refractivity contribution < 1.29 is 0 Å². The monoisotopic (exact) mass is 183 g/mol. The average Bonchev–Trinajstić information content (AvgIpc) is 2.65. The van der Waals surface area contributed by atoms with E-state index in [1.165, 1.54) is 0 Å². The number of hydrogen-bond acceptors (Lipinski definition) is 2. The lowest BCUT2D eigenvalue weighted by Gasteiger charge is -2.02. The summed E-state index contributed by atoms with van der Waals surface area (Å²) in [6, 6.07) is 9.98. The summed E-state index contributed by atoms with van der Waals surface area (Å²) in [6.07, 6.45) is 3.66. The highest BCUT2D eigenvalue weighted by Gasteiger charge is 1.99. The predicted molar refractivity (Wildman–Crippen MR) is 57.1 cm³/mol. The Morgan fingerprint density at radius 1 is 1.14 bits per heavy atom. The van der Waals surface area contributed by atoms with Gasteiger partial charge in [0.05, 0.1) is 23.6 Å². The predicted octanol–water partition coefficient (Wildman–Crippen LogP) is 2.07. The molecule has 3 rings (SSSR count). The van der Waals surface area contributed by atoms with Gasteiger partial charge in [-0.2, -0.15) is 0 Å². The van der Waals surface area contributed by atoms with Crippen LogP contribution in [0.2, 0.25) is 0 Å². The fourth-order valence-corrected chi connectivity index (χ4v) is 1.73. The zero-order valence-electron chi connectivity index (χ0n) is 7.51. The second kappa shape index (κ2) is 2.48. The molecule has 0 amide bonds. The SMILES string of the molecule is Nc1ccc2c(ccc3cncn32)c1. The molecule has 0 spiro atoms. The Labute approximate surface area is 80.8 Å². The largest absolute Gasteiger partial charge is 0.399 e. The normalized spacial score (nSPS) is 11.1. The maximum absolute atomic E-state index is 5.72. The Kier molecular flexibility index (Phi) is 1.31. The molecule has 3 aromatic rings. The summed E-state index contributed by atoms with van der Waals surface area (Å²) in [5.41, 5.74) is 8.74. The van der Waals surface area contributed by atoms with Gasteiger partial charge in [0.15, 0.2) is 0 Å². The molecule has 0 saturated carbocycles. The van der Waals surface area contributed by atoms with Gasteiger partial charge in [-0.15, -0.1) is 0 Å². The molecule has 0 fully saturated rings. The van der Waals surface area contributed by atoms with Crippen molar-refractivity contribution in [2.24, 2.45) is 0 Å². The Bertz CT molecular complexity index is 610. The molecule has 0 atom stereocenters. The fourth-order valence-electron chi connectivity index (χ4n) is 1.73. The Balaban J connectivity index is 2.57. The van der Waals surface area contributed by atoms with Crippen molar-refractivity contribution >= 4 is 22.1 Å². The summed E-state index contributed by atoms with van der Waals surface area (Å²) in [5, 5.41) is 1.13. The van der Waals surface area contributed by atoms with Crippen LogP contribution >= 0.6 is 0 Å². The minimum Gasteiger partial charge on any atom is -0.399 e. The first kappa shape index (κ1) is 7.38. The van der Waals surface area contributed by atoms with Gasteiger partial charge in [-0.3, -0.25) is 4.40 Å². The third-order valence-electron chi connectivity index (χ3n) is 2.41. The number of benzene rings is 1. The molecular weight excluding hydrogens is 174 g/mol. The number of rotatable bonds is 0. The molecule has 1 aromatic carbocycles. The summed E-state index contributed by atoms with van der Waals surface area (Å²) < 4.78 is 2.05. The standard InChI is InChI=1S/C11H9N3/c12-9-2-4-11-8(5-9)1-3-10-6-13-7-14(10)11/h1-7H,12H2. The molecule has 0 radical (unpaired) electrons. The van der Waals surface area contributed by atoms with Gasteiger partial charge in [-0.05, 0) is 24.3 Å². The summed E-state index contributed by atoms with van der Waals surface area (Å²) >= 11 is 0. The van der Waals surface area contributed by atoms with E-state index in [-0.39, 0.29) is 0 Å². The van der Waals surface area contributed by atoms with E-state index in [2.05, 4.69) is 15.5 Å². The number of pyridine rings is 1. The molecule has 0 aliphatic carbocycles. The Morgan fingerprint density at radius 2 is 2.07 bits per heavy atom. The van der Waals surface area contributed by atoms with Crippen LogP contribution < -0.4 is 5.73 Å². The topological polar surface area (TPSA) is 43.3 Å². The van der Waals surface area contributed by atoms with E-state index >= 15 is 0 Å². The quantitative estimate of drug-likeness (QED) is 0.542. The van der Waals surface area contributed by atoms with Crippen LogP contribution in [-0.2, 0) is 0 Å². The van der Waals surface area contributed by atoms with Gasteiger partial charge in [0.2, 0.25) is 0 Å². The number of fused-ring (bicyclic) bond motifs is 3. The van der Waals surface area contributed by atoms with Gasteiger partial charge >= 0.3 is 0 Å². The molecule has 0 saturated heterocycles. The van der Waals surface area contributed by atoms with Crippen molar-refractivity contribution in [3.63, 3.8) is 0 Å². The molecule has 14 heavy (non-hydrogen) atoms. The summed E-state index contributed by atoms with van der Waals surface area (Å²) in [6.45, 7) is 0. The van der Waals surface area contributed by atoms with Crippen LogP contribution in [0, 0.1) is 0 Å². The van der Waals surface area contributed by atoms with Crippen molar-refractivity contribution in [1.29, 1.82) is 0 Å². The van der Waals surface area contributed by atoms with E-state index < -0.39 is 0 Å². The molecule has 3 nitrogen and oxygen atoms in total. The maximum Gasteiger partial charge on any atom is 0.0997 e. The maximum atomic E-state index is 5.72. The zero-order chi connectivity index (χ0) is 9.54. The van der Waals surface area contributed by atoms with Crippen molar-refractivity contribution in [3.8, 4) is 0 Å². The average molecular weight is 183 g/mol. The molecule has 0 aliphatic rings. The minimum absolute atomic E-state index is 0.789. The number of nitrogens with zero attached hydrogens (tertiary/aromatic N) is 2. The summed E-state index contributed by atoms with van der Waals surface area (Å²) in [5.74, 6) is 0. The first-order valence-electron chi connectivity index (χ1n) is 4.45. The first-order chi connectivity index (χ1) is 6.84. The van der Waals surface area contributed by atoms with E-state index in [4.69, 9.17) is 5.73 Å². The lowest BCUT2D eigenvalue weighted by molar-refractivity contribution is 1.21. The Morgan fingerprint density at radius 3 is 3.00 bits per heavy atom. The van der Waals surface area contributed by atoms with Crippen molar-refractivity contribution in [3.05, 3.63) is 42.9 Å². The van der Waals surface area contributed by atoms with Crippen LogP contribution in [0.15, 0.2) is 42.9 Å². The zero-order valence-corrected chi connectivity index (χ0v) is 7.51. The van der Waals surface area contributed by atoms with Gasteiger partial charge in [0.1, 0.15) is 0 Å². The Hall–Kier alpha value is -2.03. The van der Waals surface area contributed by atoms with Gasteiger partial charge in [-0.1, -0.05) is 6.07 Å². The molecule has 3 heteroatoms. The van der Waals surface area contributed by atoms with E-state index in [1.54, 1.807) is 0 Å². The minimum atomic E-state index is 0.789. The number of anilines is 1. The molecule has 2 N–H and O–H groups in total. The van der Waals surface area contributed by atoms with Gasteiger partial charge in [0.25, 0.3) is 0 Å². The molecule has 2 aromatic heterocycles. The number of hydrogen-bond donors (Lipinski definition) is 1. The smallest absolute Gasteiger partial charge is 0.0997 e. The summed E-state index contributed by atoms with van der Waals surface area (Å²) in [7, 11) is 0. The highest BCUT2D eigenvalue weighted by molar-refractivity contribution is 5.85. The highest BCUT2D eigenvalue weighted by Crippen LogP contribution is 2.19. The second-order valence-electron chi connectivity index (χ2n) is 3.34. The van der Waals surface area contributed by atoms with Crippen LogP contribution in [-0.4, -0.2) is 9.38 Å². The highest BCUT2D eigenvalue weighted by atomic mass is 15.0. The molecule has 0 bridgehead atoms. The third-order valence-corrected chi connectivity index (χ3v) is 2.41. The number of imidazole rings is 1. The van der Waals surface area contributed by atoms with Crippen LogP contribution in [0.25, 0.3) is 16.4 Å². The van der Waals surface area contributed by atoms with E-state index in [1.807, 2.05) is 36.8 Å². The van der Waals surface area contributed by atoms with Crippen molar-refractivity contribution in [1.82, 2.24) is 9.38 Å². The van der Waals surface area contributed by atoms with E-state index in [0.29, 0.717) is 0 Å². The fraction of sp³-hybridized carbons (Fsp3) is 0. The third kappa shape index (κ3) is 0.893. The van der Waals surface area contributed by atoms with Crippen LogP contribution in [0.5, 0.6) is 0 Å². The van der Waals surface area contributed by atoms with Gasteiger partial charge in [0, 0.05) is 11.1 Å².